The van der Waals surface area contributed by atoms with Crippen molar-refractivity contribution in [1.29, 1.82) is 0 Å². The van der Waals surface area contributed by atoms with E-state index in [0.717, 1.165) is 4.90 Å². The van der Waals surface area contributed by atoms with Crippen LogP contribution < -0.4 is 0 Å². The summed E-state index contributed by atoms with van der Waals surface area (Å²) in [5.74, 6) is -3.85. The first-order chi connectivity index (χ1) is 9.41. The zero-order valence-corrected chi connectivity index (χ0v) is 11.2. The van der Waals surface area contributed by atoms with Gasteiger partial charge in [0.15, 0.2) is 0 Å². The number of halogens is 3. The standard InChI is InChI=1S/C13H12ClF2NO3/c14-8-6-9(15)7(5-10(8)16)12(18)17-4-2-1-3-11(17)13(19)20/h5-6,11H,1-4H2,(H,19,20)/t11-/m0/s1. The van der Waals surface area contributed by atoms with Crippen molar-refractivity contribution in [3.8, 4) is 0 Å². The third-order valence-electron chi connectivity index (χ3n) is 3.29. The van der Waals surface area contributed by atoms with Crippen LogP contribution in [0.1, 0.15) is 29.6 Å². The molecule has 1 atom stereocenters. The number of hydrogen-bond acceptors (Lipinski definition) is 2. The number of likely N-dealkylation sites (tertiary alicyclic amines) is 1. The van der Waals surface area contributed by atoms with Gasteiger partial charge < -0.3 is 10.0 Å². The van der Waals surface area contributed by atoms with Gasteiger partial charge in [-0.05, 0) is 31.4 Å². The molecule has 1 aromatic carbocycles. The van der Waals surface area contributed by atoms with Gasteiger partial charge >= 0.3 is 5.97 Å². The average molecular weight is 304 g/mol. The predicted octanol–water partition coefficient (Wildman–Crippen LogP) is 2.70. The van der Waals surface area contributed by atoms with E-state index in [4.69, 9.17) is 16.7 Å². The predicted molar refractivity (Wildman–Crippen MR) is 67.7 cm³/mol. The van der Waals surface area contributed by atoms with Crippen LogP contribution in [0.15, 0.2) is 12.1 Å². The molecule has 1 saturated heterocycles. The van der Waals surface area contributed by atoms with Crippen molar-refractivity contribution < 1.29 is 23.5 Å². The van der Waals surface area contributed by atoms with E-state index < -0.39 is 40.1 Å². The first-order valence-electron chi connectivity index (χ1n) is 6.10. The first-order valence-corrected chi connectivity index (χ1v) is 6.48. The highest BCUT2D eigenvalue weighted by Gasteiger charge is 2.33. The average Bonchev–Trinajstić information content (AvgIpc) is 2.42. The lowest BCUT2D eigenvalue weighted by Gasteiger charge is -2.33. The summed E-state index contributed by atoms with van der Waals surface area (Å²) in [7, 11) is 0. The normalized spacial score (nSPS) is 18.9. The van der Waals surface area contributed by atoms with E-state index in [2.05, 4.69) is 0 Å². The van der Waals surface area contributed by atoms with Crippen molar-refractivity contribution >= 4 is 23.5 Å². The molecule has 108 valence electrons. The van der Waals surface area contributed by atoms with Gasteiger partial charge in [0, 0.05) is 6.54 Å². The molecule has 4 nitrogen and oxygen atoms in total. The molecule has 0 aliphatic carbocycles. The maximum absolute atomic E-state index is 13.7. The Kier molecular flexibility index (Phi) is 4.23. The number of piperidine rings is 1. The number of hydrogen-bond donors (Lipinski definition) is 1. The first kappa shape index (κ1) is 14.7. The summed E-state index contributed by atoms with van der Waals surface area (Å²) < 4.78 is 27.1. The molecule has 0 spiro atoms. The molecule has 1 fully saturated rings. The van der Waals surface area contributed by atoms with Crippen molar-refractivity contribution in [1.82, 2.24) is 4.90 Å². The third-order valence-corrected chi connectivity index (χ3v) is 3.58. The molecule has 0 saturated carbocycles. The zero-order chi connectivity index (χ0) is 14.9. The van der Waals surface area contributed by atoms with Crippen LogP contribution in [0.25, 0.3) is 0 Å². The van der Waals surface area contributed by atoms with Gasteiger partial charge in [0.1, 0.15) is 17.7 Å². The van der Waals surface area contributed by atoms with Crippen LogP contribution in [-0.2, 0) is 4.79 Å². The summed E-state index contributed by atoms with van der Waals surface area (Å²) in [6, 6.07) is 0.409. The number of aliphatic carboxylic acids is 1. The highest BCUT2D eigenvalue weighted by atomic mass is 35.5. The van der Waals surface area contributed by atoms with E-state index >= 15 is 0 Å². The fraction of sp³-hybridized carbons (Fsp3) is 0.385. The van der Waals surface area contributed by atoms with E-state index in [-0.39, 0.29) is 6.54 Å². The van der Waals surface area contributed by atoms with Gasteiger partial charge in [-0.3, -0.25) is 4.79 Å². The second kappa shape index (κ2) is 5.75. The second-order valence-corrected chi connectivity index (χ2v) is 5.00. The lowest BCUT2D eigenvalue weighted by atomic mass is 10.0. The SMILES string of the molecule is O=C(O)[C@@H]1CCCCN1C(=O)c1cc(F)c(Cl)cc1F. The van der Waals surface area contributed by atoms with Gasteiger partial charge in [0.25, 0.3) is 5.91 Å². The lowest BCUT2D eigenvalue weighted by molar-refractivity contribution is -0.143. The molecule has 0 radical (unpaired) electrons. The zero-order valence-electron chi connectivity index (χ0n) is 10.4. The van der Waals surface area contributed by atoms with Gasteiger partial charge in [-0.25, -0.2) is 13.6 Å². The molecule has 0 bridgehead atoms. The minimum Gasteiger partial charge on any atom is -0.480 e. The molecule has 1 amide bonds. The van der Waals surface area contributed by atoms with Crippen LogP contribution in [0.4, 0.5) is 8.78 Å². The van der Waals surface area contributed by atoms with Gasteiger partial charge in [-0.15, -0.1) is 0 Å². The molecular weight excluding hydrogens is 292 g/mol. The third kappa shape index (κ3) is 2.75. The Morgan fingerprint density at radius 3 is 2.60 bits per heavy atom. The monoisotopic (exact) mass is 303 g/mol. The second-order valence-electron chi connectivity index (χ2n) is 4.59. The Bertz CT molecular complexity index is 565. The van der Waals surface area contributed by atoms with Crippen LogP contribution in [0.5, 0.6) is 0 Å². The number of benzene rings is 1. The topological polar surface area (TPSA) is 57.6 Å². The van der Waals surface area contributed by atoms with Crippen molar-refractivity contribution in [2.45, 2.75) is 25.3 Å². The molecule has 7 heteroatoms. The number of carbonyl (C=O) groups is 2. The maximum Gasteiger partial charge on any atom is 0.326 e. The van der Waals surface area contributed by atoms with Crippen molar-refractivity contribution in [2.24, 2.45) is 0 Å². The summed E-state index contributed by atoms with van der Waals surface area (Å²) in [4.78, 5) is 24.4. The Morgan fingerprint density at radius 1 is 1.25 bits per heavy atom. The molecule has 1 heterocycles. The minimum absolute atomic E-state index is 0.208. The number of rotatable bonds is 2. The van der Waals surface area contributed by atoms with E-state index in [1.165, 1.54) is 0 Å². The quantitative estimate of drug-likeness (QED) is 0.855. The number of carboxylic acid groups (broad SMARTS) is 1. The lowest BCUT2D eigenvalue weighted by Crippen LogP contribution is -2.48. The molecular formula is C13H12ClF2NO3. The van der Waals surface area contributed by atoms with E-state index in [1.54, 1.807) is 0 Å². The summed E-state index contributed by atoms with van der Waals surface area (Å²) >= 11 is 5.42. The number of nitrogens with zero attached hydrogens (tertiary/aromatic N) is 1. The fourth-order valence-corrected chi connectivity index (χ4v) is 2.42. The van der Waals surface area contributed by atoms with Gasteiger partial charge in [-0.2, -0.15) is 0 Å². The molecule has 0 aromatic heterocycles. The van der Waals surface area contributed by atoms with Gasteiger partial charge in [0.05, 0.1) is 10.6 Å². The van der Waals surface area contributed by atoms with Crippen LogP contribution in [0.2, 0.25) is 5.02 Å². The Morgan fingerprint density at radius 2 is 1.95 bits per heavy atom. The van der Waals surface area contributed by atoms with E-state index in [0.29, 0.717) is 31.4 Å². The summed E-state index contributed by atoms with van der Waals surface area (Å²) in [5, 5.41) is 8.67. The van der Waals surface area contributed by atoms with Crippen molar-refractivity contribution in [2.75, 3.05) is 6.54 Å². The van der Waals surface area contributed by atoms with Crippen molar-refractivity contribution in [3.63, 3.8) is 0 Å². The Hall–Kier alpha value is -1.69. The Labute approximate surface area is 118 Å². The largest absolute Gasteiger partial charge is 0.480 e. The maximum atomic E-state index is 13.7. The fourth-order valence-electron chi connectivity index (χ4n) is 2.27. The van der Waals surface area contributed by atoms with Crippen LogP contribution in [-0.4, -0.2) is 34.5 Å². The molecule has 1 aliphatic heterocycles. The summed E-state index contributed by atoms with van der Waals surface area (Å²) in [6.07, 6.45) is 1.62. The summed E-state index contributed by atoms with van der Waals surface area (Å²) in [6.45, 7) is 0.208. The highest BCUT2D eigenvalue weighted by molar-refractivity contribution is 6.30. The molecule has 1 aromatic rings. The van der Waals surface area contributed by atoms with Crippen molar-refractivity contribution in [3.05, 3.63) is 34.4 Å². The van der Waals surface area contributed by atoms with Gasteiger partial charge in [-0.1, -0.05) is 11.6 Å². The van der Waals surface area contributed by atoms with Gasteiger partial charge in [0.2, 0.25) is 0 Å². The molecule has 1 N–H and O–H groups in total. The molecule has 0 unspecified atom stereocenters. The van der Waals surface area contributed by atoms with Crippen LogP contribution >= 0.6 is 11.6 Å². The number of amides is 1. The Balaban J connectivity index is 2.34. The van der Waals surface area contributed by atoms with E-state index in [9.17, 15) is 18.4 Å². The smallest absolute Gasteiger partial charge is 0.326 e. The molecule has 1 aliphatic rings. The van der Waals surface area contributed by atoms with Crippen LogP contribution in [0, 0.1) is 11.6 Å². The number of carboxylic acids is 1. The van der Waals surface area contributed by atoms with Crippen LogP contribution in [0.3, 0.4) is 0 Å². The molecule has 20 heavy (non-hydrogen) atoms. The highest BCUT2D eigenvalue weighted by Crippen LogP contribution is 2.24. The molecule has 2 rings (SSSR count). The number of carbonyl (C=O) groups excluding carboxylic acids is 1. The minimum atomic E-state index is -1.15. The summed E-state index contributed by atoms with van der Waals surface area (Å²) in [5.41, 5.74) is -0.500. The van der Waals surface area contributed by atoms with E-state index in [1.807, 2.05) is 0 Å².